The molecule has 1 aromatic heterocycles. The molecule has 0 fully saturated rings. The summed E-state index contributed by atoms with van der Waals surface area (Å²) < 4.78 is 0. The number of nitrogens with zero attached hydrogens (tertiary/aromatic N) is 3. The van der Waals surface area contributed by atoms with Gasteiger partial charge < -0.3 is 4.90 Å². The van der Waals surface area contributed by atoms with Crippen LogP contribution in [0.4, 0.5) is 5.82 Å². The van der Waals surface area contributed by atoms with Crippen LogP contribution in [-0.4, -0.2) is 30.3 Å². The maximum Gasteiger partial charge on any atom is 0.172 e. The van der Waals surface area contributed by atoms with Crippen LogP contribution in [0.3, 0.4) is 0 Å². The first-order valence-electron chi connectivity index (χ1n) is 3.61. The average Bonchev–Trinajstić information content (AvgIpc) is 2.02. The van der Waals surface area contributed by atoms with Gasteiger partial charge in [0.1, 0.15) is 0 Å². The molecule has 0 saturated heterocycles. The molecule has 5 heteroatoms. The highest BCUT2D eigenvalue weighted by Gasteiger charge is 1.99. The second-order valence-electron chi connectivity index (χ2n) is 2.67. The fourth-order valence-electron chi connectivity index (χ4n) is 0.673. The summed E-state index contributed by atoms with van der Waals surface area (Å²) in [6.07, 6.45) is 3.14. The molecule has 1 aromatic rings. The van der Waals surface area contributed by atoms with Gasteiger partial charge in [-0.3, -0.25) is 0 Å². The molecule has 0 aliphatic rings. The molecule has 13 heavy (non-hydrogen) atoms. The van der Waals surface area contributed by atoms with Gasteiger partial charge >= 0.3 is 0 Å². The third kappa shape index (κ3) is 3.20. The Labute approximate surface area is 87.0 Å². The van der Waals surface area contributed by atoms with Crippen molar-refractivity contribution < 1.29 is 0 Å². The number of aliphatic imine (C=N–C) groups is 1. The third-order valence-corrected chi connectivity index (χ3v) is 1.68. The summed E-state index contributed by atoms with van der Waals surface area (Å²) in [5.41, 5.74) is 0. The van der Waals surface area contributed by atoms with E-state index in [9.17, 15) is 0 Å². The van der Waals surface area contributed by atoms with Gasteiger partial charge in [-0.15, -0.1) is 0 Å². The van der Waals surface area contributed by atoms with Gasteiger partial charge in [0.05, 0.1) is 16.4 Å². The van der Waals surface area contributed by atoms with E-state index in [4.69, 9.17) is 23.2 Å². The van der Waals surface area contributed by atoms with Crippen molar-refractivity contribution in [2.45, 2.75) is 0 Å². The smallest absolute Gasteiger partial charge is 0.172 e. The van der Waals surface area contributed by atoms with E-state index in [1.165, 1.54) is 6.20 Å². The van der Waals surface area contributed by atoms with Crippen molar-refractivity contribution in [1.82, 2.24) is 9.88 Å². The van der Waals surface area contributed by atoms with Crippen molar-refractivity contribution in [3.63, 3.8) is 0 Å². The predicted octanol–water partition coefficient (Wildman–Crippen LogP) is 2.61. The molecule has 0 spiro atoms. The minimum atomic E-state index is 0.450. The van der Waals surface area contributed by atoms with E-state index in [1.807, 2.05) is 14.1 Å². The molecule has 0 saturated carbocycles. The molecule has 0 atom stereocenters. The minimum absolute atomic E-state index is 0.450. The van der Waals surface area contributed by atoms with Crippen molar-refractivity contribution in [2.75, 3.05) is 14.1 Å². The van der Waals surface area contributed by atoms with E-state index < -0.39 is 0 Å². The van der Waals surface area contributed by atoms with Crippen LogP contribution >= 0.6 is 23.2 Å². The number of hydrogen-bond acceptors (Lipinski definition) is 2. The molecule has 0 aromatic carbocycles. The third-order valence-electron chi connectivity index (χ3n) is 1.20. The highest BCUT2D eigenvalue weighted by molar-refractivity contribution is 6.35. The first-order chi connectivity index (χ1) is 6.09. The summed E-state index contributed by atoms with van der Waals surface area (Å²) in [5, 5.41) is 0.958. The fraction of sp³-hybridized carbons (Fsp3) is 0.250. The van der Waals surface area contributed by atoms with Crippen LogP contribution < -0.4 is 0 Å². The molecule has 70 valence electrons. The number of hydrogen-bond donors (Lipinski definition) is 0. The Morgan fingerprint density at radius 1 is 1.46 bits per heavy atom. The van der Waals surface area contributed by atoms with Crippen LogP contribution in [0, 0.1) is 0 Å². The standard InChI is InChI=1S/C8H9Cl2N3/c1-13(2)5-12-8-7(10)3-6(9)4-11-8/h3-5H,1-2H3. The Balaban J connectivity index is 2.90. The van der Waals surface area contributed by atoms with Crippen LogP contribution in [0.15, 0.2) is 17.3 Å². The highest BCUT2D eigenvalue weighted by Crippen LogP contribution is 2.24. The molecule has 0 aliphatic heterocycles. The van der Waals surface area contributed by atoms with E-state index in [0.29, 0.717) is 15.9 Å². The molecular formula is C8H9Cl2N3. The molecule has 0 N–H and O–H groups in total. The molecule has 0 unspecified atom stereocenters. The topological polar surface area (TPSA) is 28.5 Å². The zero-order valence-electron chi connectivity index (χ0n) is 7.33. The van der Waals surface area contributed by atoms with Crippen molar-refractivity contribution in [2.24, 2.45) is 4.99 Å². The summed E-state index contributed by atoms with van der Waals surface area (Å²) in [5.74, 6) is 0.472. The van der Waals surface area contributed by atoms with E-state index in [2.05, 4.69) is 9.98 Å². The lowest BCUT2D eigenvalue weighted by Gasteiger charge is -2.02. The fourth-order valence-corrected chi connectivity index (χ4v) is 1.10. The Hall–Kier alpha value is -0.800. The van der Waals surface area contributed by atoms with Gasteiger partial charge in [0.25, 0.3) is 0 Å². The lowest BCUT2D eigenvalue weighted by molar-refractivity contribution is 0.643. The minimum Gasteiger partial charge on any atom is -0.369 e. The van der Waals surface area contributed by atoms with Crippen molar-refractivity contribution in [3.05, 3.63) is 22.3 Å². The maximum absolute atomic E-state index is 5.83. The number of aromatic nitrogens is 1. The van der Waals surface area contributed by atoms with Crippen LogP contribution in [-0.2, 0) is 0 Å². The summed E-state index contributed by atoms with van der Waals surface area (Å²) in [6.45, 7) is 0. The van der Waals surface area contributed by atoms with E-state index in [-0.39, 0.29) is 0 Å². The van der Waals surface area contributed by atoms with Gasteiger partial charge in [-0.05, 0) is 6.07 Å². The van der Waals surface area contributed by atoms with E-state index >= 15 is 0 Å². The zero-order valence-corrected chi connectivity index (χ0v) is 8.84. The van der Waals surface area contributed by atoms with E-state index in [0.717, 1.165) is 0 Å². The van der Waals surface area contributed by atoms with Crippen LogP contribution in [0.1, 0.15) is 0 Å². The molecular weight excluding hydrogens is 209 g/mol. The molecule has 0 bridgehead atoms. The van der Waals surface area contributed by atoms with Gasteiger partial charge in [0.2, 0.25) is 0 Å². The van der Waals surface area contributed by atoms with Gasteiger partial charge in [-0.2, -0.15) is 0 Å². The SMILES string of the molecule is CN(C)C=Nc1ncc(Cl)cc1Cl. The number of pyridine rings is 1. The van der Waals surface area contributed by atoms with Crippen molar-refractivity contribution in [3.8, 4) is 0 Å². The second kappa shape index (κ2) is 4.44. The lowest BCUT2D eigenvalue weighted by Crippen LogP contribution is -2.07. The van der Waals surface area contributed by atoms with Crippen LogP contribution in [0.5, 0.6) is 0 Å². The largest absolute Gasteiger partial charge is 0.369 e. The molecule has 0 amide bonds. The average molecular weight is 218 g/mol. The predicted molar refractivity (Wildman–Crippen MR) is 56.1 cm³/mol. The quantitative estimate of drug-likeness (QED) is 0.563. The van der Waals surface area contributed by atoms with Crippen molar-refractivity contribution >= 4 is 35.4 Å². The van der Waals surface area contributed by atoms with Gasteiger partial charge in [-0.1, -0.05) is 23.2 Å². The Kier molecular flexibility index (Phi) is 3.51. The Morgan fingerprint density at radius 3 is 2.69 bits per heavy atom. The number of rotatable bonds is 2. The van der Waals surface area contributed by atoms with Crippen molar-refractivity contribution in [1.29, 1.82) is 0 Å². The Morgan fingerprint density at radius 2 is 2.15 bits per heavy atom. The molecule has 1 rings (SSSR count). The summed E-state index contributed by atoms with van der Waals surface area (Å²) in [4.78, 5) is 9.81. The van der Waals surface area contributed by atoms with Gasteiger partial charge in [-0.25, -0.2) is 9.98 Å². The summed E-state index contributed by atoms with van der Waals surface area (Å²) in [6, 6.07) is 1.61. The number of halogens is 2. The van der Waals surface area contributed by atoms with E-state index in [1.54, 1.807) is 17.3 Å². The first kappa shape index (κ1) is 10.3. The summed E-state index contributed by atoms with van der Waals surface area (Å²) in [7, 11) is 3.74. The van der Waals surface area contributed by atoms with Crippen LogP contribution in [0.25, 0.3) is 0 Å². The first-order valence-corrected chi connectivity index (χ1v) is 4.37. The maximum atomic E-state index is 5.83. The van der Waals surface area contributed by atoms with Gasteiger partial charge in [0.15, 0.2) is 5.82 Å². The Bertz CT molecular complexity index is 323. The normalized spacial score (nSPS) is 10.8. The molecule has 3 nitrogen and oxygen atoms in total. The second-order valence-corrected chi connectivity index (χ2v) is 3.51. The zero-order chi connectivity index (χ0) is 9.84. The molecule has 1 heterocycles. The summed E-state index contributed by atoms with van der Waals surface area (Å²) >= 11 is 11.5. The van der Waals surface area contributed by atoms with Gasteiger partial charge in [0, 0.05) is 20.3 Å². The van der Waals surface area contributed by atoms with Crippen LogP contribution in [0.2, 0.25) is 10.0 Å². The highest BCUT2D eigenvalue weighted by atomic mass is 35.5. The molecule has 0 aliphatic carbocycles. The monoisotopic (exact) mass is 217 g/mol. The lowest BCUT2D eigenvalue weighted by atomic mass is 10.5. The molecule has 0 radical (unpaired) electrons.